The lowest BCUT2D eigenvalue weighted by molar-refractivity contribution is -0.138. The highest BCUT2D eigenvalue weighted by Gasteiger charge is 2.44. The molecule has 5 N–H and O–H groups in total. The number of carboxylic acid groups (broad SMARTS) is 1. The molecule has 2 rings (SSSR count). The van der Waals surface area contributed by atoms with Crippen LogP contribution in [0.4, 0.5) is 11.9 Å². The van der Waals surface area contributed by atoms with Crippen LogP contribution < -0.4 is 11.5 Å². The summed E-state index contributed by atoms with van der Waals surface area (Å²) in [5.41, 5.74) is 10.9. The number of anilines is 2. The van der Waals surface area contributed by atoms with Gasteiger partial charge >= 0.3 is 5.97 Å². The molecule has 0 aromatic carbocycles. The molecule has 0 bridgehead atoms. The number of hydrogen-bond donors (Lipinski definition) is 3. The topological polar surface area (TPSA) is 128 Å². The van der Waals surface area contributed by atoms with E-state index in [1.807, 2.05) is 0 Å². The van der Waals surface area contributed by atoms with Gasteiger partial charge in [0.1, 0.15) is 5.82 Å². The van der Waals surface area contributed by atoms with Gasteiger partial charge in [-0.3, -0.25) is 4.79 Å². The van der Waals surface area contributed by atoms with Gasteiger partial charge in [0.05, 0.1) is 12.2 Å². The molecule has 1 aromatic heterocycles. The summed E-state index contributed by atoms with van der Waals surface area (Å²) in [6, 6.07) is 0. The van der Waals surface area contributed by atoms with Crippen LogP contribution in [0.15, 0.2) is 0 Å². The molecule has 1 fully saturated rings. The Balaban J connectivity index is 1.83. The maximum Gasteiger partial charge on any atom is 0.303 e. The van der Waals surface area contributed by atoms with E-state index in [0.29, 0.717) is 11.6 Å². The van der Waals surface area contributed by atoms with E-state index in [0.717, 1.165) is 18.6 Å². The number of rotatable bonds is 6. The second-order valence-corrected chi connectivity index (χ2v) is 5.52. The Bertz CT molecular complexity index is 443. The van der Waals surface area contributed by atoms with Crippen molar-refractivity contribution in [3.8, 4) is 0 Å². The van der Waals surface area contributed by atoms with Crippen LogP contribution >= 0.6 is 11.8 Å². The van der Waals surface area contributed by atoms with Gasteiger partial charge in [0.15, 0.2) is 0 Å². The third-order valence-electron chi connectivity index (χ3n) is 2.84. The Morgan fingerprint density at radius 3 is 2.39 bits per heavy atom. The third-order valence-corrected chi connectivity index (χ3v) is 4.12. The molecular formula is C10H15N5O2S. The van der Waals surface area contributed by atoms with Crippen LogP contribution in [0.25, 0.3) is 0 Å². The van der Waals surface area contributed by atoms with Crippen molar-refractivity contribution in [2.45, 2.75) is 25.0 Å². The Morgan fingerprint density at radius 2 is 1.89 bits per heavy atom. The molecule has 98 valence electrons. The van der Waals surface area contributed by atoms with Crippen LogP contribution in [-0.2, 0) is 10.5 Å². The summed E-state index contributed by atoms with van der Waals surface area (Å²) >= 11 is 1.61. The van der Waals surface area contributed by atoms with E-state index in [1.165, 1.54) is 0 Å². The zero-order chi connectivity index (χ0) is 13.2. The number of thioether (sulfide) groups is 1. The number of carbonyl (C=O) groups is 1. The molecule has 1 aliphatic rings. The molecule has 1 aromatic rings. The molecule has 1 aliphatic carbocycles. The minimum Gasteiger partial charge on any atom is -0.481 e. The Labute approximate surface area is 108 Å². The number of nitrogen functional groups attached to an aromatic ring is 2. The molecular weight excluding hydrogens is 254 g/mol. The first-order valence-electron chi connectivity index (χ1n) is 5.55. The molecule has 0 saturated heterocycles. The van der Waals surface area contributed by atoms with Crippen LogP contribution in [0.2, 0.25) is 0 Å². The smallest absolute Gasteiger partial charge is 0.303 e. The van der Waals surface area contributed by atoms with Crippen LogP contribution in [0.3, 0.4) is 0 Å². The number of aromatic nitrogens is 3. The van der Waals surface area contributed by atoms with Gasteiger partial charge in [-0.15, -0.1) is 0 Å². The van der Waals surface area contributed by atoms with Gasteiger partial charge in [0.25, 0.3) is 0 Å². The number of hydrogen-bond acceptors (Lipinski definition) is 7. The molecule has 0 amide bonds. The lowest BCUT2D eigenvalue weighted by Crippen LogP contribution is -2.12. The Kier molecular flexibility index (Phi) is 3.55. The van der Waals surface area contributed by atoms with E-state index in [2.05, 4.69) is 15.0 Å². The van der Waals surface area contributed by atoms with E-state index >= 15 is 0 Å². The summed E-state index contributed by atoms with van der Waals surface area (Å²) in [7, 11) is 0. The van der Waals surface area contributed by atoms with E-state index in [4.69, 9.17) is 16.6 Å². The molecule has 18 heavy (non-hydrogen) atoms. The lowest BCUT2D eigenvalue weighted by atomic mass is 10.1. The molecule has 0 unspecified atom stereocenters. The highest BCUT2D eigenvalue weighted by Crippen LogP contribution is 2.51. The first-order valence-corrected chi connectivity index (χ1v) is 6.70. The van der Waals surface area contributed by atoms with Crippen molar-refractivity contribution in [3.05, 3.63) is 5.82 Å². The van der Waals surface area contributed by atoms with E-state index < -0.39 is 5.97 Å². The monoisotopic (exact) mass is 269 g/mol. The molecule has 0 radical (unpaired) electrons. The van der Waals surface area contributed by atoms with Crippen molar-refractivity contribution in [2.75, 3.05) is 17.2 Å². The minimum atomic E-state index is -0.734. The fourth-order valence-corrected chi connectivity index (χ4v) is 2.99. The number of aliphatic carboxylic acids is 1. The van der Waals surface area contributed by atoms with Crippen LogP contribution in [-0.4, -0.2) is 31.8 Å². The van der Waals surface area contributed by atoms with Gasteiger partial charge < -0.3 is 16.6 Å². The molecule has 1 saturated carbocycles. The summed E-state index contributed by atoms with van der Waals surface area (Å²) in [6.07, 6.45) is 2.20. The van der Waals surface area contributed by atoms with E-state index in [-0.39, 0.29) is 23.7 Å². The van der Waals surface area contributed by atoms with Gasteiger partial charge in [-0.05, 0) is 24.0 Å². The Hall–Kier alpha value is -1.57. The molecule has 0 atom stereocenters. The second-order valence-electron chi connectivity index (χ2n) is 4.53. The SMILES string of the molecule is Nc1nc(N)nc(CSCC2(CC(=O)O)CC2)n1. The van der Waals surface area contributed by atoms with Crippen molar-refractivity contribution >= 4 is 29.6 Å². The van der Waals surface area contributed by atoms with Crippen LogP contribution in [0.5, 0.6) is 0 Å². The average Bonchev–Trinajstić information content (AvgIpc) is 2.95. The van der Waals surface area contributed by atoms with E-state index in [1.54, 1.807) is 11.8 Å². The predicted molar refractivity (Wildman–Crippen MR) is 68.7 cm³/mol. The molecule has 8 heteroatoms. The Morgan fingerprint density at radius 1 is 1.28 bits per heavy atom. The van der Waals surface area contributed by atoms with E-state index in [9.17, 15) is 4.79 Å². The van der Waals surface area contributed by atoms with Crippen LogP contribution in [0, 0.1) is 5.41 Å². The van der Waals surface area contributed by atoms with Gasteiger partial charge in [0.2, 0.25) is 11.9 Å². The summed E-state index contributed by atoms with van der Waals surface area (Å²) in [5, 5.41) is 8.80. The van der Waals surface area contributed by atoms with Crippen molar-refractivity contribution < 1.29 is 9.90 Å². The fraction of sp³-hybridized carbons (Fsp3) is 0.600. The molecule has 1 heterocycles. The maximum absolute atomic E-state index is 10.7. The van der Waals surface area contributed by atoms with Crippen molar-refractivity contribution in [1.82, 2.24) is 15.0 Å². The quantitative estimate of drug-likeness (QED) is 0.682. The standard InChI is InChI=1S/C10H15N5O2S/c11-8-13-6(14-9(12)15-8)4-18-5-10(1-2-10)3-7(16)17/h1-5H2,(H,16,17)(H4,11,12,13,14,15). The lowest BCUT2D eigenvalue weighted by Gasteiger charge is -2.11. The van der Waals surface area contributed by atoms with Gasteiger partial charge in [-0.25, -0.2) is 0 Å². The van der Waals surface area contributed by atoms with Gasteiger partial charge in [-0.1, -0.05) is 0 Å². The zero-order valence-electron chi connectivity index (χ0n) is 9.80. The summed E-state index contributed by atoms with van der Waals surface area (Å²) in [4.78, 5) is 22.3. The van der Waals surface area contributed by atoms with Gasteiger partial charge in [0, 0.05) is 0 Å². The molecule has 0 aliphatic heterocycles. The summed E-state index contributed by atoms with van der Waals surface area (Å²) in [5.74, 6) is 1.40. The highest BCUT2D eigenvalue weighted by atomic mass is 32.2. The van der Waals surface area contributed by atoms with Crippen LogP contribution in [0.1, 0.15) is 25.1 Å². The van der Waals surface area contributed by atoms with Crippen molar-refractivity contribution in [2.24, 2.45) is 5.41 Å². The average molecular weight is 269 g/mol. The first-order chi connectivity index (χ1) is 8.49. The van der Waals surface area contributed by atoms with Crippen molar-refractivity contribution in [1.29, 1.82) is 0 Å². The third kappa shape index (κ3) is 3.46. The molecule has 0 spiro atoms. The summed E-state index contributed by atoms with van der Waals surface area (Å²) in [6.45, 7) is 0. The number of carboxylic acids is 1. The number of nitrogens with zero attached hydrogens (tertiary/aromatic N) is 3. The maximum atomic E-state index is 10.7. The minimum absolute atomic E-state index is 0.0272. The predicted octanol–water partition coefficient (Wildman–Crippen LogP) is 0.524. The largest absolute Gasteiger partial charge is 0.481 e. The highest BCUT2D eigenvalue weighted by molar-refractivity contribution is 7.98. The summed E-state index contributed by atoms with van der Waals surface area (Å²) < 4.78 is 0. The fourth-order valence-electron chi connectivity index (χ4n) is 1.75. The molecule has 7 nitrogen and oxygen atoms in total. The van der Waals surface area contributed by atoms with Gasteiger partial charge in [-0.2, -0.15) is 26.7 Å². The zero-order valence-corrected chi connectivity index (χ0v) is 10.6. The number of nitrogens with two attached hydrogens (primary N) is 2. The first kappa shape index (κ1) is 12.9. The second kappa shape index (κ2) is 4.97. The normalized spacial score (nSPS) is 16.4. The van der Waals surface area contributed by atoms with Crippen molar-refractivity contribution in [3.63, 3.8) is 0 Å².